The number of benzene rings is 2. The molecule has 0 aliphatic carbocycles. The highest BCUT2D eigenvalue weighted by molar-refractivity contribution is 6.05. The quantitative estimate of drug-likeness (QED) is 0.161. The standard InChI is InChI=1S/C41H54N4O8/c1-7-11-17-33(47)42-31(26-51-6)36(28-15-13-12-14-16-28)52-40(50)34-32-22-23-41(53-32)35(34)38(48)45(27(5)25-46)37(41)39(49)44(24-8-2)30-20-18-29(19-21-30)43(9-3)10-4/h7-8,12-16,18-21,27,31-32,34-37,46H,1-2,9-11,17,22-26H2,3-6H3,(H,42,47)/t27-,31-,32+,34-,35-,36-,37+,41-/m1/s1. The number of allylic oxidation sites excluding steroid dienone is 1. The second-order valence-electron chi connectivity index (χ2n) is 14.0. The van der Waals surface area contributed by atoms with Crippen LogP contribution in [0, 0.1) is 11.8 Å². The number of esters is 1. The minimum atomic E-state index is -1.32. The molecule has 0 radical (unpaired) electrons. The lowest BCUT2D eigenvalue weighted by atomic mass is 9.70. The Morgan fingerprint density at radius 1 is 1.08 bits per heavy atom. The van der Waals surface area contributed by atoms with Crippen molar-refractivity contribution in [3.8, 4) is 0 Å². The number of ether oxygens (including phenoxy) is 3. The van der Waals surface area contributed by atoms with E-state index in [2.05, 4.69) is 37.2 Å². The predicted octanol–water partition coefficient (Wildman–Crippen LogP) is 4.19. The molecule has 3 heterocycles. The second kappa shape index (κ2) is 17.5. The molecule has 5 rings (SSSR count). The number of nitrogens with zero attached hydrogens (tertiary/aromatic N) is 3. The number of nitrogens with one attached hydrogen (secondary N) is 1. The molecule has 2 aromatic rings. The lowest BCUT2D eigenvalue weighted by molar-refractivity contribution is -0.163. The highest BCUT2D eigenvalue weighted by Crippen LogP contribution is 2.59. The number of carbonyl (C=O) groups is 4. The Bertz CT molecular complexity index is 1620. The van der Waals surface area contributed by atoms with Gasteiger partial charge in [0.05, 0.1) is 43.2 Å². The van der Waals surface area contributed by atoms with Crippen molar-refractivity contribution in [1.82, 2.24) is 10.2 Å². The molecule has 2 bridgehead atoms. The average molecular weight is 731 g/mol. The fraction of sp³-hybridized carbons (Fsp3) is 0.512. The smallest absolute Gasteiger partial charge is 0.313 e. The van der Waals surface area contributed by atoms with Crippen molar-refractivity contribution in [3.63, 3.8) is 0 Å². The number of fused-ring (bicyclic) bond motifs is 1. The van der Waals surface area contributed by atoms with Gasteiger partial charge in [0.1, 0.15) is 17.7 Å². The summed E-state index contributed by atoms with van der Waals surface area (Å²) in [6, 6.07) is 14.2. The molecule has 3 amide bonds. The van der Waals surface area contributed by atoms with Gasteiger partial charge in [-0.2, -0.15) is 0 Å². The molecular formula is C41H54N4O8. The Balaban J connectivity index is 1.49. The van der Waals surface area contributed by atoms with Crippen LogP contribution in [0.25, 0.3) is 0 Å². The number of amides is 3. The van der Waals surface area contributed by atoms with E-state index >= 15 is 0 Å². The molecule has 0 aromatic heterocycles. The summed E-state index contributed by atoms with van der Waals surface area (Å²) >= 11 is 0. The van der Waals surface area contributed by atoms with Crippen LogP contribution in [0.1, 0.15) is 58.1 Å². The number of likely N-dealkylation sites (tertiary alicyclic amines) is 1. The third-order valence-corrected chi connectivity index (χ3v) is 10.9. The minimum Gasteiger partial charge on any atom is -0.455 e. The van der Waals surface area contributed by atoms with Gasteiger partial charge in [0, 0.05) is 44.5 Å². The molecule has 0 saturated carbocycles. The van der Waals surface area contributed by atoms with Crippen LogP contribution in [0.15, 0.2) is 79.9 Å². The summed E-state index contributed by atoms with van der Waals surface area (Å²) in [5.74, 6) is -3.77. The van der Waals surface area contributed by atoms with E-state index < -0.39 is 66.3 Å². The summed E-state index contributed by atoms with van der Waals surface area (Å²) in [5, 5.41) is 13.3. The van der Waals surface area contributed by atoms with Crippen LogP contribution in [-0.4, -0.2) is 103 Å². The van der Waals surface area contributed by atoms with E-state index in [4.69, 9.17) is 14.2 Å². The summed E-state index contributed by atoms with van der Waals surface area (Å²) in [6.07, 6.45) is 3.16. The summed E-state index contributed by atoms with van der Waals surface area (Å²) in [5.41, 5.74) is 0.967. The minimum absolute atomic E-state index is 0.0525. The number of aliphatic hydroxyl groups excluding tert-OH is 1. The first-order valence-electron chi connectivity index (χ1n) is 18.6. The van der Waals surface area contributed by atoms with Crippen molar-refractivity contribution in [1.29, 1.82) is 0 Å². The largest absolute Gasteiger partial charge is 0.455 e. The zero-order valence-corrected chi connectivity index (χ0v) is 31.3. The molecule has 286 valence electrons. The van der Waals surface area contributed by atoms with E-state index in [0.29, 0.717) is 30.5 Å². The summed E-state index contributed by atoms with van der Waals surface area (Å²) in [7, 11) is 1.50. The zero-order valence-electron chi connectivity index (χ0n) is 31.3. The van der Waals surface area contributed by atoms with Crippen LogP contribution in [0.2, 0.25) is 0 Å². The lowest BCUT2D eigenvalue weighted by Crippen LogP contribution is -2.58. The van der Waals surface area contributed by atoms with Gasteiger partial charge in [-0.05, 0) is 69.9 Å². The first kappa shape index (κ1) is 39.7. The average Bonchev–Trinajstić information content (AvgIpc) is 3.83. The van der Waals surface area contributed by atoms with Gasteiger partial charge in [-0.25, -0.2) is 0 Å². The van der Waals surface area contributed by atoms with Crippen molar-refractivity contribution < 1.29 is 38.5 Å². The Labute approximate surface area is 312 Å². The lowest BCUT2D eigenvalue weighted by Gasteiger charge is -2.38. The van der Waals surface area contributed by atoms with E-state index in [0.717, 1.165) is 18.8 Å². The van der Waals surface area contributed by atoms with E-state index in [1.165, 1.54) is 12.0 Å². The highest BCUT2D eigenvalue weighted by Gasteiger charge is 2.75. The van der Waals surface area contributed by atoms with Gasteiger partial charge in [-0.1, -0.05) is 42.5 Å². The van der Waals surface area contributed by atoms with Crippen molar-refractivity contribution in [3.05, 3.63) is 85.5 Å². The number of methoxy groups -OCH3 is 1. The van der Waals surface area contributed by atoms with Crippen molar-refractivity contribution in [2.45, 2.75) is 82.4 Å². The van der Waals surface area contributed by atoms with Crippen molar-refractivity contribution in [2.24, 2.45) is 11.8 Å². The summed E-state index contributed by atoms with van der Waals surface area (Å²) in [4.78, 5) is 62.0. The Hall–Kier alpha value is -4.52. The maximum absolute atomic E-state index is 14.9. The van der Waals surface area contributed by atoms with Crippen LogP contribution < -0.4 is 15.1 Å². The van der Waals surface area contributed by atoms with Crippen LogP contribution in [0.4, 0.5) is 11.4 Å². The molecule has 3 saturated heterocycles. The molecule has 3 fully saturated rings. The molecule has 53 heavy (non-hydrogen) atoms. The highest BCUT2D eigenvalue weighted by atomic mass is 16.6. The maximum atomic E-state index is 14.9. The SMILES string of the molecule is C=CCCC(=O)N[C@H](COC)[C@H](OC(=O)[C@@H]1[C@@H]2CC[C@]3(O2)[C@H](C(=O)N(CC=C)c2ccc(N(CC)CC)cc2)N([C@H](C)CO)C(=O)[C@@H]13)c1ccccc1. The zero-order chi connectivity index (χ0) is 38.3. The molecule has 12 heteroatoms. The molecule has 0 unspecified atom stereocenters. The van der Waals surface area contributed by atoms with Gasteiger partial charge in [0.15, 0.2) is 0 Å². The van der Waals surface area contributed by atoms with Crippen molar-refractivity contribution >= 4 is 35.1 Å². The molecule has 2 N–H and O–H groups in total. The number of anilines is 2. The Morgan fingerprint density at radius 2 is 1.75 bits per heavy atom. The molecule has 3 aliphatic heterocycles. The number of hydrogen-bond donors (Lipinski definition) is 2. The molecule has 2 aromatic carbocycles. The van der Waals surface area contributed by atoms with Crippen LogP contribution >= 0.6 is 0 Å². The monoisotopic (exact) mass is 730 g/mol. The molecular weight excluding hydrogens is 676 g/mol. The third-order valence-electron chi connectivity index (χ3n) is 10.9. The van der Waals surface area contributed by atoms with E-state index in [1.54, 1.807) is 36.1 Å². The maximum Gasteiger partial charge on any atom is 0.313 e. The van der Waals surface area contributed by atoms with Gasteiger partial charge in [0.2, 0.25) is 11.8 Å². The normalized spacial score (nSPS) is 24.5. The Morgan fingerprint density at radius 3 is 2.36 bits per heavy atom. The number of aliphatic hydroxyl groups is 1. The topological polar surface area (TPSA) is 138 Å². The molecule has 3 aliphatic rings. The van der Waals surface area contributed by atoms with Crippen LogP contribution in [-0.2, 0) is 33.4 Å². The fourth-order valence-electron chi connectivity index (χ4n) is 8.36. The number of rotatable bonds is 19. The number of carbonyl (C=O) groups excluding carboxylic acids is 4. The van der Waals surface area contributed by atoms with Gasteiger partial charge < -0.3 is 39.3 Å². The Kier molecular flexibility index (Phi) is 13.1. The number of hydrogen-bond acceptors (Lipinski definition) is 9. The molecule has 8 atom stereocenters. The second-order valence-corrected chi connectivity index (χ2v) is 14.0. The fourth-order valence-corrected chi connectivity index (χ4v) is 8.36. The van der Waals surface area contributed by atoms with E-state index in [9.17, 15) is 24.3 Å². The van der Waals surface area contributed by atoms with Crippen molar-refractivity contribution in [2.75, 3.05) is 49.8 Å². The third kappa shape index (κ3) is 7.76. The first-order chi connectivity index (χ1) is 25.6. The predicted molar refractivity (Wildman–Crippen MR) is 202 cm³/mol. The van der Waals surface area contributed by atoms with E-state index in [1.807, 2.05) is 42.5 Å². The van der Waals surface area contributed by atoms with E-state index in [-0.39, 0.29) is 31.4 Å². The molecule has 12 nitrogen and oxygen atoms in total. The van der Waals surface area contributed by atoms with Crippen LogP contribution in [0.3, 0.4) is 0 Å². The summed E-state index contributed by atoms with van der Waals surface area (Å²) in [6.45, 7) is 14.9. The first-order valence-corrected chi connectivity index (χ1v) is 18.6. The van der Waals surface area contributed by atoms with Gasteiger partial charge in [-0.3, -0.25) is 19.2 Å². The van der Waals surface area contributed by atoms with Gasteiger partial charge in [-0.15, -0.1) is 13.2 Å². The summed E-state index contributed by atoms with van der Waals surface area (Å²) < 4.78 is 18.4. The van der Waals surface area contributed by atoms with Crippen LogP contribution in [0.5, 0.6) is 0 Å². The van der Waals surface area contributed by atoms with Gasteiger partial charge in [0.25, 0.3) is 5.91 Å². The molecule has 1 spiro atoms. The van der Waals surface area contributed by atoms with Gasteiger partial charge >= 0.3 is 5.97 Å².